The van der Waals surface area contributed by atoms with E-state index in [0.717, 1.165) is 50.3 Å². The molecule has 180 valence electrons. The quantitative estimate of drug-likeness (QED) is 0.385. The van der Waals surface area contributed by atoms with Crippen LogP contribution in [0.1, 0.15) is 17.3 Å². The maximum Gasteiger partial charge on any atom is 0.337 e. The van der Waals surface area contributed by atoms with Crippen LogP contribution in [-0.4, -0.2) is 68.3 Å². The summed E-state index contributed by atoms with van der Waals surface area (Å²) in [5.41, 5.74) is 2.16. The van der Waals surface area contributed by atoms with Crippen molar-refractivity contribution in [2.45, 2.75) is 6.92 Å². The summed E-state index contributed by atoms with van der Waals surface area (Å²) in [5, 5.41) is 22.8. The van der Waals surface area contributed by atoms with Crippen molar-refractivity contribution in [3.05, 3.63) is 66.2 Å². The molecule has 0 aliphatic carbocycles. The zero-order valence-corrected chi connectivity index (χ0v) is 19.1. The Hall–Kier alpha value is -4.18. The second kappa shape index (κ2) is 9.22. The van der Waals surface area contributed by atoms with Crippen LogP contribution in [-0.2, 0) is 0 Å². The first-order chi connectivity index (χ1) is 16.9. The number of halogens is 1. The molecule has 35 heavy (non-hydrogen) atoms. The van der Waals surface area contributed by atoms with Crippen LogP contribution in [0.2, 0.25) is 0 Å². The van der Waals surface area contributed by atoms with Crippen LogP contribution >= 0.6 is 0 Å². The average Bonchev–Trinajstić information content (AvgIpc) is 3.24. The predicted molar refractivity (Wildman–Crippen MR) is 131 cm³/mol. The predicted octanol–water partition coefficient (Wildman–Crippen LogP) is 3.85. The fraction of sp³-hybridized carbons (Fsp3) is 0.240. The van der Waals surface area contributed by atoms with Gasteiger partial charge < -0.3 is 25.3 Å². The number of carbonyl (C=O) groups is 1. The molecule has 2 aromatic heterocycles. The Kier molecular flexibility index (Phi) is 5.96. The maximum atomic E-state index is 14.8. The third-order valence-electron chi connectivity index (χ3n) is 6.26. The molecule has 0 unspecified atom stereocenters. The number of fused-ring (bicyclic) bond motifs is 1. The molecule has 0 bridgehead atoms. The number of carboxylic acids is 1. The first-order valence-corrected chi connectivity index (χ1v) is 11.4. The molecular weight excluding hydrogens is 451 g/mol. The third-order valence-corrected chi connectivity index (χ3v) is 6.26. The van der Waals surface area contributed by atoms with Gasteiger partial charge in [-0.1, -0.05) is 13.0 Å². The summed E-state index contributed by atoms with van der Waals surface area (Å²) in [6, 6.07) is 12.2. The van der Waals surface area contributed by atoms with Crippen molar-refractivity contribution in [2.24, 2.45) is 0 Å². The first-order valence-electron chi connectivity index (χ1n) is 11.4. The van der Waals surface area contributed by atoms with Gasteiger partial charge in [0.05, 0.1) is 17.3 Å². The van der Waals surface area contributed by atoms with Crippen molar-refractivity contribution in [1.29, 1.82) is 0 Å². The standard InChI is InChI=1S/C25H25FN6O3/c1-2-30-8-10-31(11-9-30)17-5-3-4-16(12-17)28-25-27-14-21(26)23(29-25)32-15-20(24(34)35)19-13-18(33)6-7-22(19)32/h3-7,12-15,33H,2,8-11H2,1H3,(H,34,35)(H,27,28,29). The Balaban J connectivity index is 1.45. The Morgan fingerprint density at radius 3 is 2.69 bits per heavy atom. The molecule has 0 amide bonds. The number of hydrogen-bond donors (Lipinski definition) is 3. The van der Waals surface area contributed by atoms with Gasteiger partial charge in [-0.05, 0) is 42.9 Å². The molecule has 0 atom stereocenters. The lowest BCUT2D eigenvalue weighted by molar-refractivity contribution is 0.0699. The van der Waals surface area contributed by atoms with Crippen molar-refractivity contribution >= 4 is 34.2 Å². The maximum absolute atomic E-state index is 14.8. The van der Waals surface area contributed by atoms with E-state index >= 15 is 0 Å². The minimum Gasteiger partial charge on any atom is -0.508 e. The largest absolute Gasteiger partial charge is 0.508 e. The van der Waals surface area contributed by atoms with Crippen molar-refractivity contribution in [1.82, 2.24) is 19.4 Å². The highest BCUT2D eigenvalue weighted by atomic mass is 19.1. The van der Waals surface area contributed by atoms with Gasteiger partial charge >= 0.3 is 5.97 Å². The number of aromatic hydroxyl groups is 1. The smallest absolute Gasteiger partial charge is 0.337 e. The molecule has 0 saturated carbocycles. The second-order valence-corrected chi connectivity index (χ2v) is 8.38. The van der Waals surface area contributed by atoms with E-state index in [4.69, 9.17) is 0 Å². The zero-order chi connectivity index (χ0) is 24.5. The number of rotatable bonds is 6. The number of phenolic OH excluding ortho intramolecular Hbond substituents is 1. The first kappa shape index (κ1) is 22.6. The molecule has 9 nitrogen and oxygen atoms in total. The number of likely N-dealkylation sites (N-methyl/N-ethyl adjacent to an activating group) is 1. The molecular formula is C25H25FN6O3. The molecule has 3 N–H and O–H groups in total. The van der Waals surface area contributed by atoms with Crippen LogP contribution in [0.5, 0.6) is 5.75 Å². The molecule has 0 radical (unpaired) electrons. The van der Waals surface area contributed by atoms with Gasteiger partial charge in [0.1, 0.15) is 5.75 Å². The minimum atomic E-state index is -1.19. The number of anilines is 3. The van der Waals surface area contributed by atoms with E-state index in [-0.39, 0.29) is 28.5 Å². The van der Waals surface area contributed by atoms with Crippen LogP contribution in [0.3, 0.4) is 0 Å². The lowest BCUT2D eigenvalue weighted by Gasteiger charge is -2.35. The van der Waals surface area contributed by atoms with E-state index in [0.29, 0.717) is 5.52 Å². The van der Waals surface area contributed by atoms with Crippen molar-refractivity contribution in [3.8, 4) is 11.6 Å². The van der Waals surface area contributed by atoms with Crippen LogP contribution in [0.4, 0.5) is 21.7 Å². The number of nitrogens with zero attached hydrogens (tertiary/aromatic N) is 5. The van der Waals surface area contributed by atoms with Gasteiger partial charge in [0.25, 0.3) is 0 Å². The third kappa shape index (κ3) is 4.47. The van der Waals surface area contributed by atoms with E-state index in [9.17, 15) is 19.4 Å². The lowest BCUT2D eigenvalue weighted by atomic mass is 10.2. The van der Waals surface area contributed by atoms with Gasteiger partial charge in [0.15, 0.2) is 11.6 Å². The van der Waals surface area contributed by atoms with Crippen LogP contribution in [0, 0.1) is 5.82 Å². The van der Waals surface area contributed by atoms with Gasteiger partial charge in [-0.15, -0.1) is 0 Å². The average molecular weight is 477 g/mol. The van der Waals surface area contributed by atoms with Crippen LogP contribution in [0.25, 0.3) is 16.7 Å². The molecule has 2 aromatic carbocycles. The normalized spacial score (nSPS) is 14.4. The monoisotopic (exact) mass is 476 g/mol. The number of carboxylic acid groups (broad SMARTS) is 1. The van der Waals surface area contributed by atoms with E-state index in [1.54, 1.807) is 0 Å². The number of phenols is 1. The number of nitrogens with one attached hydrogen (secondary N) is 1. The summed E-state index contributed by atoms with van der Waals surface area (Å²) in [6.07, 6.45) is 2.34. The molecule has 5 rings (SSSR count). The molecule has 3 heterocycles. The van der Waals surface area contributed by atoms with Gasteiger partial charge in [-0.3, -0.25) is 4.57 Å². The van der Waals surface area contributed by atoms with Crippen LogP contribution in [0.15, 0.2) is 54.9 Å². The van der Waals surface area contributed by atoms with Gasteiger partial charge in [-0.25, -0.2) is 14.2 Å². The van der Waals surface area contributed by atoms with Crippen molar-refractivity contribution in [2.75, 3.05) is 42.9 Å². The van der Waals surface area contributed by atoms with Crippen molar-refractivity contribution in [3.63, 3.8) is 0 Å². The highest BCUT2D eigenvalue weighted by molar-refractivity contribution is 6.04. The highest BCUT2D eigenvalue weighted by Crippen LogP contribution is 2.29. The fourth-order valence-electron chi connectivity index (χ4n) is 4.38. The van der Waals surface area contributed by atoms with E-state index < -0.39 is 11.8 Å². The summed E-state index contributed by atoms with van der Waals surface area (Å²) >= 11 is 0. The molecule has 0 spiro atoms. The van der Waals surface area contributed by atoms with E-state index in [2.05, 4.69) is 38.1 Å². The second-order valence-electron chi connectivity index (χ2n) is 8.38. The van der Waals surface area contributed by atoms with Crippen molar-refractivity contribution < 1.29 is 19.4 Å². The van der Waals surface area contributed by atoms with Crippen LogP contribution < -0.4 is 10.2 Å². The Morgan fingerprint density at radius 2 is 1.94 bits per heavy atom. The highest BCUT2D eigenvalue weighted by Gasteiger charge is 2.20. The Morgan fingerprint density at radius 1 is 1.14 bits per heavy atom. The molecule has 10 heteroatoms. The Bertz CT molecular complexity index is 1400. The summed E-state index contributed by atoms with van der Waals surface area (Å²) in [5.74, 6) is -1.91. The zero-order valence-electron chi connectivity index (χ0n) is 19.1. The molecule has 1 saturated heterocycles. The molecule has 4 aromatic rings. The molecule has 1 aliphatic heterocycles. The molecule has 1 aliphatic rings. The van der Waals surface area contributed by atoms with Gasteiger partial charge in [0, 0.05) is 49.1 Å². The number of aromatic carboxylic acids is 1. The fourth-order valence-corrected chi connectivity index (χ4v) is 4.38. The van der Waals surface area contributed by atoms with Gasteiger partial charge in [0.2, 0.25) is 5.95 Å². The van der Waals surface area contributed by atoms with E-state index in [1.165, 1.54) is 29.0 Å². The number of hydrogen-bond acceptors (Lipinski definition) is 7. The summed E-state index contributed by atoms with van der Waals surface area (Å²) in [6.45, 7) is 7.12. The molecule has 1 fully saturated rings. The topological polar surface area (TPSA) is 107 Å². The summed E-state index contributed by atoms with van der Waals surface area (Å²) < 4.78 is 16.1. The minimum absolute atomic E-state index is 0.0701. The Labute approximate surface area is 201 Å². The SMILES string of the molecule is CCN1CCN(c2cccc(Nc3ncc(F)c(-n4cc(C(=O)O)c5cc(O)ccc54)n3)c2)CC1. The van der Waals surface area contributed by atoms with Gasteiger partial charge in [-0.2, -0.15) is 4.98 Å². The summed E-state index contributed by atoms with van der Waals surface area (Å²) in [4.78, 5) is 24.9. The van der Waals surface area contributed by atoms with E-state index in [1.807, 2.05) is 18.2 Å². The number of benzene rings is 2. The number of piperazine rings is 1. The number of aromatic nitrogens is 3. The summed E-state index contributed by atoms with van der Waals surface area (Å²) in [7, 11) is 0. The lowest BCUT2D eigenvalue weighted by Crippen LogP contribution is -2.46.